The van der Waals surface area contributed by atoms with E-state index in [0.29, 0.717) is 11.3 Å². The number of aromatic nitrogens is 2. The molecule has 6 heteroatoms. The normalized spacial score (nSPS) is 15.4. The Hall–Kier alpha value is -3.28. The Bertz CT molecular complexity index is 1020. The summed E-state index contributed by atoms with van der Waals surface area (Å²) < 4.78 is 13.4. The third-order valence-corrected chi connectivity index (χ3v) is 6.06. The van der Waals surface area contributed by atoms with Crippen LogP contribution in [-0.2, 0) is 11.2 Å². The lowest BCUT2D eigenvalue weighted by Crippen LogP contribution is -2.43. The van der Waals surface area contributed by atoms with Gasteiger partial charge in [0.05, 0.1) is 5.69 Å². The van der Waals surface area contributed by atoms with Gasteiger partial charge in [-0.05, 0) is 62.4 Å². The number of piperidine rings is 1. The summed E-state index contributed by atoms with van der Waals surface area (Å²) in [5.41, 5.74) is 2.65. The summed E-state index contributed by atoms with van der Waals surface area (Å²) in [6, 6.07) is 20.6. The van der Waals surface area contributed by atoms with Gasteiger partial charge in [-0.2, -0.15) is 0 Å². The summed E-state index contributed by atoms with van der Waals surface area (Å²) >= 11 is 0. The minimum absolute atomic E-state index is 0.0324. The first-order valence-corrected chi connectivity index (χ1v) is 11.3. The first-order valence-electron chi connectivity index (χ1n) is 11.3. The second-order valence-corrected chi connectivity index (χ2v) is 8.48. The molecule has 5 nitrogen and oxygen atoms in total. The predicted octanol–water partition coefficient (Wildman–Crippen LogP) is 4.64. The van der Waals surface area contributed by atoms with Crippen LogP contribution in [0.4, 0.5) is 10.2 Å². The molecule has 0 spiro atoms. The minimum atomic E-state index is -0.289. The Labute approximate surface area is 188 Å². The summed E-state index contributed by atoms with van der Waals surface area (Å²) in [5, 5.41) is 11.8. The van der Waals surface area contributed by atoms with Crippen molar-refractivity contribution in [2.45, 2.75) is 38.6 Å². The van der Waals surface area contributed by atoms with Crippen LogP contribution in [0.5, 0.6) is 0 Å². The number of carbonyl (C=O) groups is 1. The highest BCUT2D eigenvalue weighted by Crippen LogP contribution is 2.24. The smallest absolute Gasteiger partial charge is 0.223 e. The highest BCUT2D eigenvalue weighted by Gasteiger charge is 2.26. The van der Waals surface area contributed by atoms with E-state index in [1.54, 1.807) is 6.07 Å². The molecule has 0 saturated carbocycles. The van der Waals surface area contributed by atoms with Crippen molar-refractivity contribution >= 4 is 11.7 Å². The predicted molar refractivity (Wildman–Crippen MR) is 125 cm³/mol. The van der Waals surface area contributed by atoms with E-state index in [2.05, 4.69) is 39.5 Å². The van der Waals surface area contributed by atoms with Gasteiger partial charge in [0, 0.05) is 30.6 Å². The Kier molecular flexibility index (Phi) is 7.10. The van der Waals surface area contributed by atoms with E-state index >= 15 is 0 Å². The lowest BCUT2D eigenvalue weighted by molar-refractivity contribution is -0.126. The molecular weight excluding hydrogens is 403 g/mol. The molecule has 1 aliphatic heterocycles. The molecule has 2 aromatic carbocycles. The van der Waals surface area contributed by atoms with E-state index in [4.69, 9.17) is 0 Å². The van der Waals surface area contributed by atoms with Crippen LogP contribution in [0, 0.1) is 11.7 Å². The molecular formula is C26H29FN4O. The van der Waals surface area contributed by atoms with E-state index < -0.39 is 0 Å². The highest BCUT2D eigenvalue weighted by molar-refractivity contribution is 5.79. The maximum absolute atomic E-state index is 13.4. The summed E-state index contributed by atoms with van der Waals surface area (Å²) in [7, 11) is 0. The van der Waals surface area contributed by atoms with Gasteiger partial charge in [0.25, 0.3) is 0 Å². The molecule has 1 amide bonds. The highest BCUT2D eigenvalue weighted by atomic mass is 19.1. The van der Waals surface area contributed by atoms with Gasteiger partial charge in [-0.25, -0.2) is 4.39 Å². The molecule has 1 aromatic heterocycles. The molecule has 4 rings (SSSR count). The van der Waals surface area contributed by atoms with Crippen molar-refractivity contribution in [3.8, 4) is 11.3 Å². The zero-order valence-corrected chi connectivity index (χ0v) is 18.4. The van der Waals surface area contributed by atoms with Crippen LogP contribution in [0.2, 0.25) is 0 Å². The maximum Gasteiger partial charge on any atom is 0.223 e. The van der Waals surface area contributed by atoms with Gasteiger partial charge in [0.2, 0.25) is 5.91 Å². The number of hydrogen-bond acceptors (Lipinski definition) is 4. The summed E-state index contributed by atoms with van der Waals surface area (Å²) in [6.45, 7) is 3.61. The van der Waals surface area contributed by atoms with Crippen LogP contribution in [0.15, 0.2) is 66.7 Å². The molecule has 1 N–H and O–H groups in total. The maximum atomic E-state index is 13.4. The van der Waals surface area contributed by atoms with Crippen LogP contribution < -0.4 is 10.2 Å². The zero-order valence-electron chi connectivity index (χ0n) is 18.4. The number of rotatable bonds is 7. The number of nitrogens with zero attached hydrogens (tertiary/aromatic N) is 3. The van der Waals surface area contributed by atoms with Crippen molar-refractivity contribution in [3.63, 3.8) is 0 Å². The Morgan fingerprint density at radius 1 is 1.06 bits per heavy atom. The molecule has 166 valence electrons. The van der Waals surface area contributed by atoms with Crippen molar-refractivity contribution in [2.24, 2.45) is 5.92 Å². The number of benzene rings is 2. The lowest BCUT2D eigenvalue weighted by atomic mass is 9.95. The summed E-state index contributed by atoms with van der Waals surface area (Å²) in [4.78, 5) is 14.9. The number of anilines is 1. The van der Waals surface area contributed by atoms with Gasteiger partial charge < -0.3 is 10.2 Å². The number of halogens is 1. The van der Waals surface area contributed by atoms with Gasteiger partial charge in [0.15, 0.2) is 5.82 Å². The number of hydrogen-bond donors (Lipinski definition) is 1. The molecule has 2 heterocycles. The first-order chi connectivity index (χ1) is 15.6. The van der Waals surface area contributed by atoms with Gasteiger partial charge in [-0.3, -0.25) is 4.79 Å². The molecule has 1 aliphatic rings. The van der Waals surface area contributed by atoms with Crippen molar-refractivity contribution in [1.82, 2.24) is 15.5 Å². The van der Waals surface area contributed by atoms with E-state index in [-0.39, 0.29) is 23.7 Å². The fourth-order valence-corrected chi connectivity index (χ4v) is 4.13. The van der Waals surface area contributed by atoms with E-state index in [9.17, 15) is 9.18 Å². The monoisotopic (exact) mass is 432 g/mol. The number of carbonyl (C=O) groups excluding carboxylic acids is 1. The lowest BCUT2D eigenvalue weighted by Gasteiger charge is -2.32. The number of aryl methyl sites for hydroxylation is 1. The zero-order chi connectivity index (χ0) is 22.3. The Morgan fingerprint density at radius 3 is 2.53 bits per heavy atom. The molecule has 3 aromatic rings. The Balaban J connectivity index is 1.25. The molecule has 0 bridgehead atoms. The molecule has 1 unspecified atom stereocenters. The van der Waals surface area contributed by atoms with Crippen LogP contribution in [0.3, 0.4) is 0 Å². The van der Waals surface area contributed by atoms with E-state index in [1.165, 1.54) is 17.7 Å². The average Bonchev–Trinajstić information content (AvgIpc) is 2.83. The van der Waals surface area contributed by atoms with Crippen LogP contribution >= 0.6 is 0 Å². The molecule has 1 atom stereocenters. The standard InChI is InChI=1S/C26H29FN4O/c1-19(10-11-20-6-3-2-4-7-20)28-26(32)21-14-16-31(17-15-21)25-13-12-24(29-30-25)22-8-5-9-23(27)18-22/h2-9,12-13,18-19,21H,10-11,14-17H2,1H3,(H,28,32). The van der Waals surface area contributed by atoms with Gasteiger partial charge in [-0.1, -0.05) is 42.5 Å². The van der Waals surface area contributed by atoms with E-state index in [0.717, 1.165) is 44.6 Å². The quantitative estimate of drug-likeness (QED) is 0.591. The largest absolute Gasteiger partial charge is 0.355 e. The van der Waals surface area contributed by atoms with Crippen molar-refractivity contribution in [3.05, 3.63) is 78.1 Å². The van der Waals surface area contributed by atoms with Crippen LogP contribution in [0.1, 0.15) is 31.7 Å². The first kappa shape index (κ1) is 21.9. The minimum Gasteiger partial charge on any atom is -0.355 e. The van der Waals surface area contributed by atoms with E-state index in [1.807, 2.05) is 36.4 Å². The molecule has 1 saturated heterocycles. The van der Waals surface area contributed by atoms with Gasteiger partial charge in [-0.15, -0.1) is 10.2 Å². The molecule has 0 radical (unpaired) electrons. The fraction of sp³-hybridized carbons (Fsp3) is 0.346. The topological polar surface area (TPSA) is 58.1 Å². The summed E-state index contributed by atoms with van der Waals surface area (Å²) in [6.07, 6.45) is 3.49. The van der Waals surface area contributed by atoms with Gasteiger partial charge >= 0.3 is 0 Å². The van der Waals surface area contributed by atoms with Crippen LogP contribution in [0.25, 0.3) is 11.3 Å². The SMILES string of the molecule is CC(CCc1ccccc1)NC(=O)C1CCN(c2ccc(-c3cccc(F)c3)nn2)CC1. The van der Waals surface area contributed by atoms with Crippen molar-refractivity contribution in [1.29, 1.82) is 0 Å². The number of nitrogens with one attached hydrogen (secondary N) is 1. The molecule has 0 aliphatic carbocycles. The van der Waals surface area contributed by atoms with Crippen molar-refractivity contribution < 1.29 is 9.18 Å². The average molecular weight is 433 g/mol. The third-order valence-electron chi connectivity index (χ3n) is 6.06. The fourth-order valence-electron chi connectivity index (χ4n) is 4.13. The third kappa shape index (κ3) is 5.69. The molecule has 1 fully saturated rings. The second-order valence-electron chi connectivity index (χ2n) is 8.48. The number of amides is 1. The Morgan fingerprint density at radius 2 is 1.84 bits per heavy atom. The van der Waals surface area contributed by atoms with Crippen LogP contribution in [-0.4, -0.2) is 35.2 Å². The molecule has 32 heavy (non-hydrogen) atoms. The van der Waals surface area contributed by atoms with Gasteiger partial charge in [0.1, 0.15) is 5.82 Å². The van der Waals surface area contributed by atoms with Crippen molar-refractivity contribution in [2.75, 3.05) is 18.0 Å². The second kappa shape index (κ2) is 10.4. The summed E-state index contributed by atoms with van der Waals surface area (Å²) in [5.74, 6) is 0.686.